The second kappa shape index (κ2) is 22.4. The van der Waals surface area contributed by atoms with Crippen LogP contribution >= 0.6 is 11.7 Å². The van der Waals surface area contributed by atoms with Crippen molar-refractivity contribution < 1.29 is 9.59 Å². The Labute approximate surface area is 416 Å². The van der Waals surface area contributed by atoms with E-state index in [9.17, 15) is 9.59 Å². The quantitative estimate of drug-likeness (QED) is 0.0489. The van der Waals surface area contributed by atoms with E-state index in [0.29, 0.717) is 18.8 Å². The molecule has 0 spiro atoms. The molecule has 0 aliphatic heterocycles. The highest BCUT2D eigenvalue weighted by Gasteiger charge is 2.24. The summed E-state index contributed by atoms with van der Waals surface area (Å²) in [6.45, 7) is 9.44. The van der Waals surface area contributed by atoms with E-state index in [1.54, 1.807) is 0 Å². The SMILES string of the molecule is CCCCC(=O)c1ccc(N(c2ccccc2)c2ccc(-c3c4nn(CC(CC)CCCC)nc4c(-c4ccc(N(c5ccccc5)c5ccc(C(=O)CCCC)cc5)cc4)c4[n-][s+]nc34)cc2)cc1. The van der Waals surface area contributed by atoms with Crippen molar-refractivity contribution in [3.05, 3.63) is 169 Å². The summed E-state index contributed by atoms with van der Waals surface area (Å²) in [6.07, 6.45) is 9.35. The third-order valence-electron chi connectivity index (χ3n) is 13.3. The lowest BCUT2D eigenvalue weighted by atomic mass is 9.95. The molecule has 0 saturated carbocycles. The number of anilines is 6. The summed E-state index contributed by atoms with van der Waals surface area (Å²) in [4.78, 5) is 32.2. The van der Waals surface area contributed by atoms with Crippen LogP contribution in [0.1, 0.15) is 113 Å². The predicted octanol–water partition coefficient (Wildman–Crippen LogP) is 16.5. The van der Waals surface area contributed by atoms with Crippen LogP contribution < -0.4 is 14.2 Å². The molecule has 9 nitrogen and oxygen atoms in total. The van der Waals surface area contributed by atoms with Gasteiger partial charge in [0.2, 0.25) is 0 Å². The fourth-order valence-electron chi connectivity index (χ4n) is 9.36. The summed E-state index contributed by atoms with van der Waals surface area (Å²) in [5, 5.41) is 10.7. The molecule has 0 N–H and O–H groups in total. The molecule has 0 aliphatic rings. The number of para-hydroxylation sites is 2. The molecule has 7 aromatic carbocycles. The van der Waals surface area contributed by atoms with Crippen molar-refractivity contribution in [2.45, 2.75) is 98.4 Å². The number of hydrogen-bond donors (Lipinski definition) is 0. The lowest BCUT2D eigenvalue weighted by molar-refractivity contribution is 0.0972. The molecule has 0 saturated heterocycles. The van der Waals surface area contributed by atoms with Crippen LogP contribution in [0.5, 0.6) is 0 Å². The lowest BCUT2D eigenvalue weighted by Gasteiger charge is -2.26. The number of fused-ring (bicyclic) bond motifs is 2. The fourth-order valence-corrected chi connectivity index (χ4v) is 9.92. The third-order valence-corrected chi connectivity index (χ3v) is 13.9. The second-order valence-corrected chi connectivity index (χ2v) is 18.7. The van der Waals surface area contributed by atoms with E-state index in [2.05, 4.69) is 110 Å². The molecule has 10 heteroatoms. The summed E-state index contributed by atoms with van der Waals surface area (Å²) >= 11 is 1.21. The first-order chi connectivity index (χ1) is 34.4. The van der Waals surface area contributed by atoms with Gasteiger partial charge in [-0.25, -0.2) is 0 Å². The van der Waals surface area contributed by atoms with Crippen molar-refractivity contribution in [3.8, 4) is 22.3 Å². The fraction of sp³-hybridized carbons (Fsp3) is 0.267. The number of unbranched alkanes of at least 4 members (excludes halogenated alkanes) is 3. The summed E-state index contributed by atoms with van der Waals surface area (Å²) in [5.41, 5.74) is 14.3. The molecular formula is C60H61N7O2S. The predicted molar refractivity (Wildman–Crippen MR) is 290 cm³/mol. The van der Waals surface area contributed by atoms with Gasteiger partial charge in [-0.05, 0) is 133 Å². The number of hydrogen-bond acceptors (Lipinski definition) is 7. The molecule has 0 radical (unpaired) electrons. The van der Waals surface area contributed by atoms with Crippen LogP contribution in [0.15, 0.2) is 158 Å². The molecule has 1 unspecified atom stereocenters. The number of Topliss-reactive ketones (excluding diaryl/α,β-unsaturated/α-hetero) is 2. The number of rotatable bonds is 22. The molecule has 70 heavy (non-hydrogen) atoms. The largest absolute Gasteiger partial charge is 0.311 e. The zero-order valence-electron chi connectivity index (χ0n) is 40.7. The average Bonchev–Trinajstić information content (AvgIpc) is 4.07. The first kappa shape index (κ1) is 47.8. The Balaban J connectivity index is 1.12. The molecule has 0 fully saturated rings. The smallest absolute Gasteiger partial charge is 0.279 e. The second-order valence-electron chi connectivity index (χ2n) is 18.2. The third kappa shape index (κ3) is 10.3. The topological polar surface area (TPSA) is 98.3 Å². The van der Waals surface area contributed by atoms with Gasteiger partial charge in [-0.1, -0.05) is 120 Å². The molecule has 0 aliphatic carbocycles. The summed E-state index contributed by atoms with van der Waals surface area (Å²) in [6, 6.07) is 53.7. The Morgan fingerprint density at radius 1 is 0.514 bits per heavy atom. The standard InChI is InChI=1S/C60H61N7O2S/c1-5-9-18-42(8-4)41-65-61-57-55(45-29-37-51(38-30-45)66(47-19-14-12-15-20-47)49-33-25-43(26-34-49)53(68)23-10-6-2)59-60(64-70-63-59)56(58(57)62-65)46-31-39-52(40-32-46)67(48-21-16-13-17-22-48)50-35-27-44(28-36-50)54(69)24-11-7-3/h12-17,19-22,25-40,42H,5-11,18,23-24,41H2,1-4H3. The number of aromatic nitrogens is 5. The zero-order chi connectivity index (χ0) is 48.4. The van der Waals surface area contributed by atoms with Gasteiger partial charge in [0.15, 0.2) is 11.6 Å². The van der Waals surface area contributed by atoms with Crippen molar-refractivity contribution in [3.63, 3.8) is 0 Å². The molecule has 0 bridgehead atoms. The van der Waals surface area contributed by atoms with Crippen molar-refractivity contribution in [1.29, 1.82) is 0 Å². The number of benzene rings is 7. The van der Waals surface area contributed by atoms with E-state index in [1.165, 1.54) is 18.1 Å². The van der Waals surface area contributed by atoms with Crippen LogP contribution in [0, 0.1) is 5.92 Å². The maximum Gasteiger partial charge on any atom is 0.279 e. The summed E-state index contributed by atoms with van der Waals surface area (Å²) in [5.74, 6) is 0.798. The molecule has 2 heterocycles. The zero-order valence-corrected chi connectivity index (χ0v) is 41.5. The number of carbonyl (C=O) groups excluding carboxylic acids is 2. The summed E-state index contributed by atoms with van der Waals surface area (Å²) in [7, 11) is 0. The van der Waals surface area contributed by atoms with Gasteiger partial charge in [-0.2, -0.15) is 23.7 Å². The first-order valence-corrected chi connectivity index (χ1v) is 25.8. The van der Waals surface area contributed by atoms with Gasteiger partial charge in [-0.3, -0.25) is 9.59 Å². The molecule has 354 valence electrons. The van der Waals surface area contributed by atoms with E-state index < -0.39 is 0 Å². The Kier molecular flexibility index (Phi) is 15.3. The van der Waals surface area contributed by atoms with Crippen LogP contribution in [-0.4, -0.2) is 30.9 Å². The van der Waals surface area contributed by atoms with Gasteiger partial charge in [0.25, 0.3) is 11.7 Å². The van der Waals surface area contributed by atoms with Gasteiger partial charge in [0.1, 0.15) is 11.0 Å². The molecule has 0 amide bonds. The van der Waals surface area contributed by atoms with Gasteiger partial charge >= 0.3 is 0 Å². The van der Waals surface area contributed by atoms with Gasteiger partial charge in [0.05, 0.1) is 6.54 Å². The van der Waals surface area contributed by atoms with E-state index in [0.717, 1.165) is 141 Å². The Hall–Kier alpha value is -7.30. The number of ketones is 2. The van der Waals surface area contributed by atoms with Gasteiger partial charge < -0.3 is 9.80 Å². The van der Waals surface area contributed by atoms with Crippen molar-refractivity contribution in [2.75, 3.05) is 9.80 Å². The van der Waals surface area contributed by atoms with Gasteiger partial charge in [-0.15, -0.1) is 0 Å². The first-order valence-electron chi connectivity index (χ1n) is 25.1. The van der Waals surface area contributed by atoms with E-state index >= 15 is 0 Å². The van der Waals surface area contributed by atoms with Crippen LogP contribution in [-0.2, 0) is 6.54 Å². The minimum atomic E-state index is 0.175. The molecule has 1 atom stereocenters. The minimum Gasteiger partial charge on any atom is -0.311 e. The van der Waals surface area contributed by atoms with Crippen LogP contribution in [0.4, 0.5) is 34.1 Å². The van der Waals surface area contributed by atoms with Crippen molar-refractivity contribution in [1.82, 2.24) is 23.7 Å². The molecule has 9 rings (SSSR count). The Morgan fingerprint density at radius 2 is 0.929 bits per heavy atom. The minimum absolute atomic E-state index is 0.175. The molecular weight excluding hydrogens is 883 g/mol. The van der Waals surface area contributed by atoms with E-state index in [4.69, 9.17) is 18.9 Å². The van der Waals surface area contributed by atoms with Crippen LogP contribution in [0.25, 0.3) is 44.3 Å². The van der Waals surface area contributed by atoms with E-state index in [1.807, 2.05) is 89.7 Å². The lowest BCUT2D eigenvalue weighted by Crippen LogP contribution is -2.12. The highest BCUT2D eigenvalue weighted by molar-refractivity contribution is 7.00. The number of nitrogens with zero attached hydrogens (tertiary/aromatic N) is 7. The Morgan fingerprint density at radius 3 is 1.37 bits per heavy atom. The average molecular weight is 944 g/mol. The molecule has 2 aromatic heterocycles. The Bertz CT molecular complexity index is 2950. The molecule has 9 aromatic rings. The van der Waals surface area contributed by atoms with Crippen LogP contribution in [0.2, 0.25) is 0 Å². The van der Waals surface area contributed by atoms with Crippen molar-refractivity contribution in [2.24, 2.45) is 5.92 Å². The highest BCUT2D eigenvalue weighted by atomic mass is 32.1. The monoisotopic (exact) mass is 943 g/mol. The van der Waals surface area contributed by atoms with Crippen molar-refractivity contribution >= 4 is 79.5 Å². The summed E-state index contributed by atoms with van der Waals surface area (Å²) < 4.78 is 9.99. The normalized spacial score (nSPS) is 11.8. The number of carbonyl (C=O) groups is 2. The van der Waals surface area contributed by atoms with E-state index in [-0.39, 0.29) is 11.6 Å². The van der Waals surface area contributed by atoms with Gasteiger partial charge in [0, 0.05) is 80.3 Å². The highest BCUT2D eigenvalue weighted by Crippen LogP contribution is 2.44. The maximum absolute atomic E-state index is 12.9. The maximum atomic E-state index is 12.9. The van der Waals surface area contributed by atoms with Crippen LogP contribution in [0.3, 0.4) is 0 Å².